The van der Waals surface area contributed by atoms with Gasteiger partial charge in [0.2, 0.25) is 0 Å². The molecule has 0 aliphatic heterocycles. The summed E-state index contributed by atoms with van der Waals surface area (Å²) in [5, 5.41) is 13.4. The fraction of sp³-hybridized carbons (Fsp3) is 0.235. The predicted molar refractivity (Wildman–Crippen MR) is 86.5 cm³/mol. The summed E-state index contributed by atoms with van der Waals surface area (Å²) in [6, 6.07) is 12.3. The number of methoxy groups -OCH3 is 1. The normalized spacial score (nSPS) is 11.8. The summed E-state index contributed by atoms with van der Waals surface area (Å²) >= 11 is 5.87. The number of hydrogen-bond acceptors (Lipinski definition) is 3. The summed E-state index contributed by atoms with van der Waals surface area (Å²) < 4.78 is 5.15. The number of carbonyl (C=O) groups excluding carboxylic acids is 1. The highest BCUT2D eigenvalue weighted by atomic mass is 35.5. The van der Waals surface area contributed by atoms with Gasteiger partial charge in [0.15, 0.2) is 0 Å². The first-order chi connectivity index (χ1) is 10.5. The zero-order chi connectivity index (χ0) is 16.1. The largest absolute Gasteiger partial charge is 0.496 e. The molecule has 2 aromatic rings. The van der Waals surface area contributed by atoms with Crippen LogP contribution < -0.4 is 10.1 Å². The van der Waals surface area contributed by atoms with E-state index in [0.29, 0.717) is 16.3 Å². The molecule has 5 heteroatoms. The fourth-order valence-corrected chi connectivity index (χ4v) is 2.37. The quantitative estimate of drug-likeness (QED) is 0.890. The summed E-state index contributed by atoms with van der Waals surface area (Å²) in [7, 11) is 1.48. The molecule has 2 aromatic carbocycles. The van der Waals surface area contributed by atoms with E-state index in [0.717, 1.165) is 11.1 Å². The van der Waals surface area contributed by atoms with Gasteiger partial charge < -0.3 is 15.2 Å². The van der Waals surface area contributed by atoms with E-state index in [4.69, 9.17) is 16.3 Å². The lowest BCUT2D eigenvalue weighted by atomic mass is 10.0. The molecule has 2 N–H and O–H groups in total. The maximum atomic E-state index is 12.2. The van der Waals surface area contributed by atoms with Crippen LogP contribution in [0.4, 0.5) is 0 Å². The molecule has 0 spiro atoms. The molecule has 22 heavy (non-hydrogen) atoms. The maximum Gasteiger partial charge on any atom is 0.255 e. The molecule has 2 rings (SSSR count). The first-order valence-corrected chi connectivity index (χ1v) is 7.26. The van der Waals surface area contributed by atoms with Crippen molar-refractivity contribution < 1.29 is 14.6 Å². The Morgan fingerprint density at radius 3 is 2.73 bits per heavy atom. The van der Waals surface area contributed by atoms with Gasteiger partial charge in [0.25, 0.3) is 5.91 Å². The number of benzene rings is 2. The lowest BCUT2D eigenvalue weighted by molar-refractivity contribution is 0.0913. The van der Waals surface area contributed by atoms with Gasteiger partial charge in [-0.3, -0.25) is 4.79 Å². The number of nitrogens with one attached hydrogen (secondary N) is 1. The minimum Gasteiger partial charge on any atom is -0.496 e. The molecule has 1 unspecified atom stereocenters. The molecular weight excluding hydrogens is 302 g/mol. The van der Waals surface area contributed by atoms with Crippen molar-refractivity contribution in [2.24, 2.45) is 0 Å². The Bertz CT molecular complexity index is 673. The molecule has 0 saturated carbocycles. The summed E-state index contributed by atoms with van der Waals surface area (Å²) in [5.41, 5.74) is 2.16. The number of ether oxygens (including phenoxy) is 1. The fourth-order valence-electron chi connectivity index (χ4n) is 2.21. The summed E-state index contributed by atoms with van der Waals surface area (Å²) in [5.74, 6) is 0.0801. The molecule has 0 heterocycles. The Kier molecular flexibility index (Phi) is 5.41. The molecule has 0 radical (unpaired) electrons. The smallest absolute Gasteiger partial charge is 0.255 e. The van der Waals surface area contributed by atoms with Gasteiger partial charge in [0, 0.05) is 11.6 Å². The Morgan fingerprint density at radius 2 is 2.05 bits per heavy atom. The van der Waals surface area contributed by atoms with Gasteiger partial charge in [-0.25, -0.2) is 0 Å². The molecular formula is C17H18ClNO3. The zero-order valence-electron chi connectivity index (χ0n) is 12.5. The Labute approximate surface area is 134 Å². The van der Waals surface area contributed by atoms with Crippen LogP contribution in [0.15, 0.2) is 42.5 Å². The molecule has 0 aliphatic carbocycles. The molecule has 0 saturated heterocycles. The third-order valence-corrected chi connectivity index (χ3v) is 3.65. The van der Waals surface area contributed by atoms with Crippen LogP contribution in [-0.4, -0.2) is 24.7 Å². The van der Waals surface area contributed by atoms with E-state index in [1.165, 1.54) is 7.11 Å². The van der Waals surface area contributed by atoms with E-state index < -0.39 is 6.10 Å². The Balaban J connectivity index is 2.06. The standard InChI is InChI=1S/C17H18ClNO3/c1-11-5-3-4-6-13(11)15(20)10-19-17(21)14-8-7-12(18)9-16(14)22-2/h3-9,15,20H,10H2,1-2H3,(H,19,21). The summed E-state index contributed by atoms with van der Waals surface area (Å²) in [6.45, 7) is 2.04. The molecule has 0 aromatic heterocycles. The van der Waals surface area contributed by atoms with Crippen molar-refractivity contribution in [2.75, 3.05) is 13.7 Å². The molecule has 0 fully saturated rings. The number of aryl methyl sites for hydroxylation is 1. The van der Waals surface area contributed by atoms with Crippen molar-refractivity contribution >= 4 is 17.5 Å². The number of carbonyl (C=O) groups is 1. The van der Waals surface area contributed by atoms with E-state index >= 15 is 0 Å². The molecule has 0 aliphatic rings. The minimum atomic E-state index is -0.761. The topological polar surface area (TPSA) is 58.6 Å². The molecule has 1 atom stereocenters. The maximum absolute atomic E-state index is 12.2. The van der Waals surface area contributed by atoms with Gasteiger partial charge in [-0.1, -0.05) is 35.9 Å². The van der Waals surface area contributed by atoms with Gasteiger partial charge in [0.05, 0.1) is 18.8 Å². The highest BCUT2D eigenvalue weighted by Crippen LogP contribution is 2.23. The van der Waals surface area contributed by atoms with Crippen LogP contribution in [0.5, 0.6) is 5.75 Å². The second kappa shape index (κ2) is 7.29. The van der Waals surface area contributed by atoms with Gasteiger partial charge in [-0.15, -0.1) is 0 Å². The van der Waals surface area contributed by atoms with Crippen LogP contribution in [0.1, 0.15) is 27.6 Å². The molecule has 4 nitrogen and oxygen atoms in total. The SMILES string of the molecule is COc1cc(Cl)ccc1C(=O)NCC(O)c1ccccc1C. The van der Waals surface area contributed by atoms with Gasteiger partial charge >= 0.3 is 0 Å². The van der Waals surface area contributed by atoms with E-state index in [1.54, 1.807) is 18.2 Å². The van der Waals surface area contributed by atoms with Crippen molar-refractivity contribution in [3.05, 3.63) is 64.2 Å². The lowest BCUT2D eigenvalue weighted by Gasteiger charge is -2.15. The second-order valence-corrected chi connectivity index (χ2v) is 5.36. The van der Waals surface area contributed by atoms with Crippen LogP contribution in [0, 0.1) is 6.92 Å². The van der Waals surface area contributed by atoms with Crippen LogP contribution >= 0.6 is 11.6 Å². The van der Waals surface area contributed by atoms with E-state index in [-0.39, 0.29) is 12.5 Å². The molecule has 0 bridgehead atoms. The summed E-state index contributed by atoms with van der Waals surface area (Å²) in [4.78, 5) is 12.2. The lowest BCUT2D eigenvalue weighted by Crippen LogP contribution is -2.29. The zero-order valence-corrected chi connectivity index (χ0v) is 13.2. The van der Waals surface area contributed by atoms with Crippen LogP contribution in [0.3, 0.4) is 0 Å². The van der Waals surface area contributed by atoms with Crippen LogP contribution in [0.25, 0.3) is 0 Å². The second-order valence-electron chi connectivity index (χ2n) is 4.93. The summed E-state index contributed by atoms with van der Waals surface area (Å²) in [6.07, 6.45) is -0.761. The van der Waals surface area contributed by atoms with Gasteiger partial charge in [-0.05, 0) is 36.2 Å². The third-order valence-electron chi connectivity index (χ3n) is 3.41. The van der Waals surface area contributed by atoms with E-state index in [1.807, 2.05) is 31.2 Å². The predicted octanol–water partition coefficient (Wildman–Crippen LogP) is 3.12. The first kappa shape index (κ1) is 16.3. The van der Waals surface area contributed by atoms with Crippen molar-refractivity contribution in [2.45, 2.75) is 13.0 Å². The van der Waals surface area contributed by atoms with Gasteiger partial charge in [-0.2, -0.15) is 0 Å². The third kappa shape index (κ3) is 3.78. The number of amides is 1. The number of aliphatic hydroxyl groups is 1. The number of hydrogen-bond donors (Lipinski definition) is 2. The van der Waals surface area contributed by atoms with Crippen LogP contribution in [0.2, 0.25) is 5.02 Å². The molecule has 116 valence electrons. The Hall–Kier alpha value is -2.04. The van der Waals surface area contributed by atoms with Gasteiger partial charge in [0.1, 0.15) is 5.75 Å². The Morgan fingerprint density at radius 1 is 1.32 bits per heavy atom. The molecule has 1 amide bonds. The first-order valence-electron chi connectivity index (χ1n) is 6.88. The van der Waals surface area contributed by atoms with E-state index in [9.17, 15) is 9.90 Å². The average molecular weight is 320 g/mol. The monoisotopic (exact) mass is 319 g/mol. The van der Waals surface area contributed by atoms with E-state index in [2.05, 4.69) is 5.32 Å². The van der Waals surface area contributed by atoms with Crippen molar-refractivity contribution in [1.29, 1.82) is 0 Å². The number of aliphatic hydroxyl groups excluding tert-OH is 1. The minimum absolute atomic E-state index is 0.121. The highest BCUT2D eigenvalue weighted by molar-refractivity contribution is 6.30. The number of halogens is 1. The highest BCUT2D eigenvalue weighted by Gasteiger charge is 2.15. The van der Waals surface area contributed by atoms with Crippen LogP contribution in [-0.2, 0) is 0 Å². The average Bonchev–Trinajstić information content (AvgIpc) is 2.52. The number of rotatable bonds is 5. The van der Waals surface area contributed by atoms with Crippen molar-refractivity contribution in [3.8, 4) is 5.75 Å². The van der Waals surface area contributed by atoms with Crippen molar-refractivity contribution in [1.82, 2.24) is 5.32 Å². The van der Waals surface area contributed by atoms with Crippen molar-refractivity contribution in [3.63, 3.8) is 0 Å².